The van der Waals surface area contributed by atoms with Crippen molar-refractivity contribution in [1.29, 1.82) is 0 Å². The van der Waals surface area contributed by atoms with E-state index in [-0.39, 0.29) is 11.7 Å². The summed E-state index contributed by atoms with van der Waals surface area (Å²) in [5, 5.41) is 2.86. The summed E-state index contributed by atoms with van der Waals surface area (Å²) in [6, 6.07) is 0.982. The maximum Gasteiger partial charge on any atom is 0.376 e. The lowest BCUT2D eigenvalue weighted by molar-refractivity contribution is -0.119. The first-order valence-corrected chi connectivity index (χ1v) is 5.43. The zero-order valence-electron chi connectivity index (χ0n) is 10.5. The molecule has 0 fully saturated rings. The van der Waals surface area contributed by atoms with Gasteiger partial charge in [0.25, 0.3) is 0 Å². The number of nitrogens with zero attached hydrogens (tertiary/aromatic N) is 2. The van der Waals surface area contributed by atoms with E-state index >= 15 is 0 Å². The highest BCUT2D eigenvalue weighted by molar-refractivity contribution is 5.86. The first kappa shape index (κ1) is 13.9. The third kappa shape index (κ3) is 3.41. The summed E-state index contributed by atoms with van der Waals surface area (Å²) in [7, 11) is 1.24. The number of ether oxygens (including phenoxy) is 1. The number of methoxy groups -OCH3 is 1. The number of carbonyl (C=O) groups is 2. The van der Waals surface area contributed by atoms with Crippen molar-refractivity contribution in [3.63, 3.8) is 0 Å². The Kier molecular flexibility index (Phi) is 4.59. The molecular weight excluding hydrogens is 236 g/mol. The molecule has 1 aromatic heterocycles. The van der Waals surface area contributed by atoms with Gasteiger partial charge in [0.2, 0.25) is 11.7 Å². The Balaban J connectivity index is 2.90. The lowest BCUT2D eigenvalue weighted by Crippen LogP contribution is -2.39. The van der Waals surface area contributed by atoms with Crippen molar-refractivity contribution in [3.8, 4) is 0 Å². The molecular formula is C11H16N4O3. The fraction of sp³-hybridized carbons (Fsp3) is 0.455. The third-order valence-electron chi connectivity index (χ3n) is 2.30. The number of rotatable bonds is 5. The molecule has 0 spiro atoms. The third-order valence-corrected chi connectivity index (χ3v) is 2.30. The van der Waals surface area contributed by atoms with E-state index in [4.69, 9.17) is 5.73 Å². The predicted octanol–water partition coefficient (Wildman–Crippen LogP) is 0.185. The fourth-order valence-electron chi connectivity index (χ4n) is 1.35. The molecule has 0 saturated heterocycles. The van der Waals surface area contributed by atoms with Crippen molar-refractivity contribution in [2.75, 3.05) is 12.4 Å². The SMILES string of the molecule is COC(=O)c1nccc(NC(C(N)=O)C(C)C)n1. The van der Waals surface area contributed by atoms with E-state index < -0.39 is 17.9 Å². The van der Waals surface area contributed by atoms with Gasteiger partial charge >= 0.3 is 5.97 Å². The minimum absolute atomic E-state index is 0.000887. The van der Waals surface area contributed by atoms with Gasteiger partial charge < -0.3 is 15.8 Å². The van der Waals surface area contributed by atoms with Crippen molar-refractivity contribution in [2.45, 2.75) is 19.9 Å². The second kappa shape index (κ2) is 5.95. The van der Waals surface area contributed by atoms with Crippen LogP contribution in [0.1, 0.15) is 24.5 Å². The molecule has 0 aliphatic rings. The fourth-order valence-corrected chi connectivity index (χ4v) is 1.35. The number of carbonyl (C=O) groups excluding carboxylic acids is 2. The Bertz CT molecular complexity index is 448. The summed E-state index contributed by atoms with van der Waals surface area (Å²) in [4.78, 5) is 30.2. The van der Waals surface area contributed by atoms with Crippen LogP contribution in [0.5, 0.6) is 0 Å². The van der Waals surface area contributed by atoms with E-state index in [1.807, 2.05) is 13.8 Å². The summed E-state index contributed by atoms with van der Waals surface area (Å²) < 4.78 is 4.51. The molecule has 1 unspecified atom stereocenters. The van der Waals surface area contributed by atoms with Crippen LogP contribution >= 0.6 is 0 Å². The Morgan fingerprint density at radius 3 is 2.61 bits per heavy atom. The number of aromatic nitrogens is 2. The Morgan fingerprint density at radius 1 is 1.44 bits per heavy atom. The van der Waals surface area contributed by atoms with E-state index in [1.54, 1.807) is 6.07 Å². The van der Waals surface area contributed by atoms with E-state index in [0.717, 1.165) is 0 Å². The number of hydrogen-bond acceptors (Lipinski definition) is 6. The average Bonchev–Trinajstić information content (AvgIpc) is 2.34. The zero-order valence-corrected chi connectivity index (χ0v) is 10.5. The number of nitrogens with one attached hydrogen (secondary N) is 1. The first-order chi connectivity index (χ1) is 8.45. The molecule has 0 saturated carbocycles. The zero-order chi connectivity index (χ0) is 13.7. The first-order valence-electron chi connectivity index (χ1n) is 5.43. The van der Waals surface area contributed by atoms with Crippen molar-refractivity contribution >= 4 is 17.7 Å². The van der Waals surface area contributed by atoms with Gasteiger partial charge in [0, 0.05) is 6.20 Å². The highest BCUT2D eigenvalue weighted by Crippen LogP contribution is 2.10. The van der Waals surface area contributed by atoms with Gasteiger partial charge in [-0.15, -0.1) is 0 Å². The van der Waals surface area contributed by atoms with E-state index in [2.05, 4.69) is 20.0 Å². The van der Waals surface area contributed by atoms with Crippen LogP contribution in [0.2, 0.25) is 0 Å². The maximum absolute atomic E-state index is 11.3. The number of esters is 1. The lowest BCUT2D eigenvalue weighted by atomic mass is 10.0. The number of primary amides is 1. The Morgan fingerprint density at radius 2 is 2.11 bits per heavy atom. The van der Waals surface area contributed by atoms with Crippen molar-refractivity contribution in [2.24, 2.45) is 11.7 Å². The van der Waals surface area contributed by atoms with Gasteiger partial charge in [-0.25, -0.2) is 14.8 Å². The van der Waals surface area contributed by atoms with Crippen LogP contribution in [0.25, 0.3) is 0 Å². The van der Waals surface area contributed by atoms with Crippen molar-refractivity contribution in [3.05, 3.63) is 18.1 Å². The Hall–Kier alpha value is -2.18. The van der Waals surface area contributed by atoms with Crippen LogP contribution in [0.3, 0.4) is 0 Å². The average molecular weight is 252 g/mol. The largest absolute Gasteiger partial charge is 0.463 e. The van der Waals surface area contributed by atoms with Gasteiger partial charge in [-0.05, 0) is 12.0 Å². The molecule has 7 heteroatoms. The minimum Gasteiger partial charge on any atom is -0.463 e. The standard InChI is InChI=1S/C11H16N4O3/c1-6(2)8(9(12)16)14-7-4-5-13-10(15-7)11(17)18-3/h4-6,8H,1-3H3,(H2,12,16)(H,13,14,15). The van der Waals surface area contributed by atoms with Gasteiger partial charge in [-0.3, -0.25) is 4.79 Å². The molecule has 1 aromatic rings. The van der Waals surface area contributed by atoms with Gasteiger partial charge in [0.15, 0.2) is 0 Å². The van der Waals surface area contributed by atoms with Crippen LogP contribution in [0.4, 0.5) is 5.82 Å². The molecule has 7 nitrogen and oxygen atoms in total. The van der Waals surface area contributed by atoms with Gasteiger partial charge in [-0.1, -0.05) is 13.8 Å². The number of hydrogen-bond donors (Lipinski definition) is 2. The molecule has 98 valence electrons. The van der Waals surface area contributed by atoms with Crippen molar-refractivity contribution < 1.29 is 14.3 Å². The molecule has 0 aromatic carbocycles. The Labute approximate surface area is 105 Å². The molecule has 18 heavy (non-hydrogen) atoms. The van der Waals surface area contributed by atoms with E-state index in [1.165, 1.54) is 13.3 Å². The van der Waals surface area contributed by atoms with Crippen LogP contribution in [-0.4, -0.2) is 35.0 Å². The highest BCUT2D eigenvalue weighted by Gasteiger charge is 2.20. The summed E-state index contributed by atoms with van der Waals surface area (Å²) in [5.74, 6) is -0.849. The molecule has 0 radical (unpaired) electrons. The van der Waals surface area contributed by atoms with Gasteiger partial charge in [0.05, 0.1) is 7.11 Å². The van der Waals surface area contributed by atoms with Crippen LogP contribution in [0.15, 0.2) is 12.3 Å². The summed E-state index contributed by atoms with van der Waals surface area (Å²) in [5.41, 5.74) is 5.27. The van der Waals surface area contributed by atoms with E-state index in [0.29, 0.717) is 5.82 Å². The van der Waals surface area contributed by atoms with Crippen LogP contribution < -0.4 is 11.1 Å². The van der Waals surface area contributed by atoms with Gasteiger partial charge in [0.1, 0.15) is 11.9 Å². The smallest absolute Gasteiger partial charge is 0.376 e. The minimum atomic E-state index is -0.640. The normalized spacial score (nSPS) is 12.0. The summed E-state index contributed by atoms with van der Waals surface area (Å²) in [6.07, 6.45) is 1.40. The second-order valence-corrected chi connectivity index (χ2v) is 4.03. The second-order valence-electron chi connectivity index (χ2n) is 4.03. The molecule has 0 bridgehead atoms. The van der Waals surface area contributed by atoms with Crippen molar-refractivity contribution in [1.82, 2.24) is 9.97 Å². The molecule has 0 aliphatic heterocycles. The monoisotopic (exact) mass is 252 g/mol. The quantitative estimate of drug-likeness (QED) is 0.724. The molecule has 1 atom stereocenters. The van der Waals surface area contributed by atoms with Gasteiger partial charge in [-0.2, -0.15) is 0 Å². The topological polar surface area (TPSA) is 107 Å². The molecule has 3 N–H and O–H groups in total. The van der Waals surface area contributed by atoms with Crippen LogP contribution in [-0.2, 0) is 9.53 Å². The lowest BCUT2D eigenvalue weighted by Gasteiger charge is -2.19. The number of anilines is 1. The predicted molar refractivity (Wildman–Crippen MR) is 64.8 cm³/mol. The molecule has 1 rings (SSSR count). The summed E-state index contributed by atoms with van der Waals surface area (Å²) >= 11 is 0. The maximum atomic E-state index is 11.3. The number of amides is 1. The molecule has 0 aliphatic carbocycles. The number of nitrogens with two attached hydrogens (primary N) is 1. The highest BCUT2D eigenvalue weighted by atomic mass is 16.5. The summed E-state index contributed by atoms with van der Waals surface area (Å²) in [6.45, 7) is 3.70. The molecule has 1 amide bonds. The van der Waals surface area contributed by atoms with E-state index in [9.17, 15) is 9.59 Å². The van der Waals surface area contributed by atoms with Crippen LogP contribution in [0, 0.1) is 5.92 Å². The molecule has 1 heterocycles.